The van der Waals surface area contributed by atoms with E-state index in [0.29, 0.717) is 5.75 Å². The molecule has 6 heteroatoms. The van der Waals surface area contributed by atoms with Gasteiger partial charge in [-0.2, -0.15) is 5.10 Å². The summed E-state index contributed by atoms with van der Waals surface area (Å²) in [6.07, 6.45) is 13.3. The van der Waals surface area contributed by atoms with Gasteiger partial charge in [-0.05, 0) is 105 Å². The van der Waals surface area contributed by atoms with Crippen LogP contribution in [0.1, 0.15) is 67.6 Å². The molecule has 2 saturated heterocycles. The number of fused-ring (bicyclic) bond motifs is 1. The number of aromatic hydroxyl groups is 1. The van der Waals surface area contributed by atoms with Crippen molar-refractivity contribution < 1.29 is 10.2 Å². The summed E-state index contributed by atoms with van der Waals surface area (Å²) in [5, 5.41) is 27.6. The fourth-order valence-electron chi connectivity index (χ4n) is 7.51. The Hall–Kier alpha value is -1.89. The van der Waals surface area contributed by atoms with Crippen LogP contribution >= 0.6 is 0 Å². The summed E-state index contributed by atoms with van der Waals surface area (Å²) in [5.74, 6) is 1.91. The number of hydrogen-bond donors (Lipinski definition) is 2. The van der Waals surface area contributed by atoms with E-state index < -0.39 is 5.60 Å². The minimum absolute atomic E-state index is 0.186. The molecule has 182 valence electrons. The summed E-state index contributed by atoms with van der Waals surface area (Å²) in [7, 11) is 0. The molecule has 3 atom stereocenters. The highest BCUT2D eigenvalue weighted by Crippen LogP contribution is 2.56. The van der Waals surface area contributed by atoms with Gasteiger partial charge in [-0.15, -0.1) is 0 Å². The molecule has 0 radical (unpaired) electrons. The molecule has 1 aromatic carbocycles. The zero-order chi connectivity index (χ0) is 22.9. The van der Waals surface area contributed by atoms with Crippen LogP contribution in [-0.2, 0) is 18.4 Å². The Kier molecular flexibility index (Phi) is 4.91. The molecule has 2 aliphatic heterocycles. The number of hydrogen-bond acceptors (Lipinski definition) is 5. The van der Waals surface area contributed by atoms with Gasteiger partial charge in [0.15, 0.2) is 0 Å². The third kappa shape index (κ3) is 3.44. The van der Waals surface area contributed by atoms with Gasteiger partial charge in [0.25, 0.3) is 0 Å². The first-order valence-electron chi connectivity index (χ1n) is 13.6. The normalized spacial score (nSPS) is 33.9. The van der Waals surface area contributed by atoms with Crippen molar-refractivity contribution in [3.05, 3.63) is 47.3 Å². The van der Waals surface area contributed by atoms with Gasteiger partial charge in [-0.1, -0.05) is 6.07 Å². The van der Waals surface area contributed by atoms with Gasteiger partial charge in [0, 0.05) is 37.3 Å². The summed E-state index contributed by atoms with van der Waals surface area (Å²) in [5.41, 5.74) is 2.96. The molecule has 0 amide bonds. The van der Waals surface area contributed by atoms with E-state index in [0.717, 1.165) is 76.8 Å². The summed E-state index contributed by atoms with van der Waals surface area (Å²) >= 11 is 0. The predicted molar refractivity (Wildman–Crippen MR) is 131 cm³/mol. The Morgan fingerprint density at radius 3 is 2.65 bits per heavy atom. The lowest BCUT2D eigenvalue weighted by molar-refractivity contribution is -0.149. The molecule has 0 spiro atoms. The van der Waals surface area contributed by atoms with E-state index in [1.165, 1.54) is 42.4 Å². The van der Waals surface area contributed by atoms with Crippen LogP contribution in [0.5, 0.6) is 5.75 Å². The second-order valence-corrected chi connectivity index (χ2v) is 11.9. The van der Waals surface area contributed by atoms with E-state index in [2.05, 4.69) is 38.0 Å². The maximum atomic E-state index is 12.6. The standard InChI is InChI=1S/C28H38N4O2/c33-24-6-5-22-15-26-28(34)9-11-30(13-14-32-19-23(17-29-32)21-3-4-21)10-7-27(28,25(22)16-24)8-12-31(26)18-20-1-2-20/h5-6,16-17,19-21,26,33-34H,1-4,7-15,18H2/t26-,27+,28-/m1/s1. The Labute approximate surface area is 202 Å². The molecule has 0 unspecified atom stereocenters. The number of nitrogens with zero attached hydrogens (tertiary/aromatic N) is 4. The van der Waals surface area contributed by atoms with Crippen molar-refractivity contribution in [2.75, 3.05) is 32.7 Å². The molecule has 6 nitrogen and oxygen atoms in total. The second kappa shape index (κ2) is 7.81. The van der Waals surface area contributed by atoms with Gasteiger partial charge < -0.3 is 15.1 Å². The monoisotopic (exact) mass is 462 g/mol. The molecular weight excluding hydrogens is 424 g/mol. The fourth-order valence-corrected chi connectivity index (χ4v) is 7.51. The Morgan fingerprint density at radius 2 is 1.82 bits per heavy atom. The minimum Gasteiger partial charge on any atom is -0.508 e. The van der Waals surface area contributed by atoms with Crippen LogP contribution in [0, 0.1) is 5.92 Å². The first-order valence-corrected chi connectivity index (χ1v) is 13.6. The summed E-state index contributed by atoms with van der Waals surface area (Å²) in [6.45, 7) is 6.01. The van der Waals surface area contributed by atoms with E-state index >= 15 is 0 Å². The molecule has 4 fully saturated rings. The number of likely N-dealkylation sites (tertiary alicyclic amines) is 2. The Balaban J connectivity index is 1.16. The topological polar surface area (TPSA) is 64.8 Å². The molecule has 2 bridgehead atoms. The van der Waals surface area contributed by atoms with Crippen LogP contribution in [0.4, 0.5) is 0 Å². The Bertz CT molecular complexity index is 1080. The van der Waals surface area contributed by atoms with Crippen molar-refractivity contribution in [2.45, 2.75) is 80.9 Å². The van der Waals surface area contributed by atoms with Gasteiger partial charge in [0.1, 0.15) is 5.75 Å². The summed E-state index contributed by atoms with van der Waals surface area (Å²) in [6, 6.07) is 6.12. The van der Waals surface area contributed by atoms with Crippen LogP contribution in [0.2, 0.25) is 0 Å². The fraction of sp³-hybridized carbons (Fsp3) is 0.679. The third-order valence-electron chi connectivity index (χ3n) is 9.87. The molecule has 2 saturated carbocycles. The van der Waals surface area contributed by atoms with E-state index in [9.17, 15) is 10.2 Å². The van der Waals surface area contributed by atoms with Crippen molar-refractivity contribution >= 4 is 0 Å². The number of phenolic OH excluding ortho intramolecular Hbond substituents is 1. The number of aliphatic hydroxyl groups is 1. The molecule has 2 N–H and O–H groups in total. The van der Waals surface area contributed by atoms with Crippen molar-refractivity contribution in [3.8, 4) is 5.75 Å². The number of piperidine rings is 1. The van der Waals surface area contributed by atoms with E-state index in [-0.39, 0.29) is 11.5 Å². The van der Waals surface area contributed by atoms with E-state index in [1.54, 1.807) is 0 Å². The lowest BCUT2D eigenvalue weighted by atomic mass is 9.52. The molecule has 3 aliphatic carbocycles. The quantitative estimate of drug-likeness (QED) is 0.690. The highest BCUT2D eigenvalue weighted by atomic mass is 16.3. The number of benzene rings is 1. The van der Waals surface area contributed by atoms with Crippen LogP contribution in [0.25, 0.3) is 0 Å². The van der Waals surface area contributed by atoms with Gasteiger partial charge in [-0.3, -0.25) is 9.58 Å². The van der Waals surface area contributed by atoms with E-state index in [4.69, 9.17) is 0 Å². The molecule has 1 aromatic heterocycles. The molecule has 3 heterocycles. The Morgan fingerprint density at radius 1 is 1.00 bits per heavy atom. The van der Waals surface area contributed by atoms with Crippen molar-refractivity contribution in [3.63, 3.8) is 0 Å². The lowest BCUT2D eigenvalue weighted by Gasteiger charge is -2.61. The average Bonchev–Trinajstić information content (AvgIpc) is 3.76. The van der Waals surface area contributed by atoms with Gasteiger partial charge in [0.05, 0.1) is 18.3 Å². The zero-order valence-corrected chi connectivity index (χ0v) is 20.2. The highest BCUT2D eigenvalue weighted by molar-refractivity contribution is 5.48. The van der Waals surface area contributed by atoms with Gasteiger partial charge in [-0.25, -0.2) is 0 Å². The third-order valence-corrected chi connectivity index (χ3v) is 9.87. The van der Waals surface area contributed by atoms with Crippen molar-refractivity contribution in [2.24, 2.45) is 5.92 Å². The first-order chi connectivity index (χ1) is 16.5. The number of phenols is 1. The van der Waals surface area contributed by atoms with Crippen LogP contribution in [0.3, 0.4) is 0 Å². The molecule has 34 heavy (non-hydrogen) atoms. The average molecular weight is 463 g/mol. The maximum Gasteiger partial charge on any atom is 0.115 e. The smallest absolute Gasteiger partial charge is 0.115 e. The SMILES string of the molecule is Oc1ccc2c(c1)[C@@]13CCN(CCn4cc(C5CC5)cn4)CC[C@@]1(O)[C@@H](C2)N(CC1CC1)CC3. The molecule has 2 aromatic rings. The maximum absolute atomic E-state index is 12.6. The zero-order valence-electron chi connectivity index (χ0n) is 20.2. The first kappa shape index (κ1) is 21.4. The molecule has 7 rings (SSSR count). The van der Waals surface area contributed by atoms with Gasteiger partial charge >= 0.3 is 0 Å². The number of aromatic nitrogens is 2. The largest absolute Gasteiger partial charge is 0.508 e. The van der Waals surface area contributed by atoms with Crippen LogP contribution in [0.15, 0.2) is 30.6 Å². The minimum atomic E-state index is -0.736. The lowest BCUT2D eigenvalue weighted by Crippen LogP contribution is -2.71. The van der Waals surface area contributed by atoms with E-state index in [1.807, 2.05) is 12.1 Å². The predicted octanol–water partition coefficient (Wildman–Crippen LogP) is 3.27. The number of rotatable bonds is 6. The van der Waals surface area contributed by atoms with Crippen molar-refractivity contribution in [1.82, 2.24) is 19.6 Å². The molecule has 5 aliphatic rings. The highest BCUT2D eigenvalue weighted by Gasteiger charge is 2.63. The van der Waals surface area contributed by atoms with Gasteiger partial charge in [0.2, 0.25) is 0 Å². The second-order valence-electron chi connectivity index (χ2n) is 11.9. The summed E-state index contributed by atoms with van der Waals surface area (Å²) < 4.78 is 2.11. The van der Waals surface area contributed by atoms with Crippen LogP contribution < -0.4 is 0 Å². The summed E-state index contributed by atoms with van der Waals surface area (Å²) in [4.78, 5) is 5.18. The van der Waals surface area contributed by atoms with Crippen molar-refractivity contribution in [1.29, 1.82) is 0 Å². The van der Waals surface area contributed by atoms with Crippen LogP contribution in [-0.4, -0.2) is 74.2 Å². The molecular formula is C28H38N4O2.